The highest BCUT2D eigenvalue weighted by Gasteiger charge is 2.26. The van der Waals surface area contributed by atoms with Crippen LogP contribution in [0.5, 0.6) is 0 Å². The first-order valence-corrected chi connectivity index (χ1v) is 6.82. The molecule has 1 aliphatic rings. The van der Waals surface area contributed by atoms with Crippen LogP contribution in [0, 0.1) is 10.1 Å². The Labute approximate surface area is 125 Å². The number of non-ortho nitro benzene ring substituents is 1. The van der Waals surface area contributed by atoms with Crippen LogP contribution in [0.25, 0.3) is 0 Å². The van der Waals surface area contributed by atoms with Crippen molar-refractivity contribution in [3.05, 3.63) is 37.9 Å². The van der Waals surface area contributed by atoms with E-state index in [9.17, 15) is 14.9 Å². The molecule has 6 nitrogen and oxygen atoms in total. The maximum atomic E-state index is 12.4. The average Bonchev–Trinajstić information content (AvgIpc) is 2.40. The summed E-state index contributed by atoms with van der Waals surface area (Å²) in [5, 5.41) is 14.1. The van der Waals surface area contributed by atoms with Crippen LogP contribution in [0.15, 0.2) is 12.1 Å². The standard InChI is InChI=1S/C12H13Cl2N3O3/c1-7-6-16(3-2-15-7)12(18)9-4-8(17(19)20)5-10(13)11(9)14/h4-5,7,15H,2-3,6H2,1H3/t7-/m1/s1. The molecule has 1 N–H and O–H groups in total. The number of nitro groups is 1. The first-order valence-electron chi connectivity index (χ1n) is 6.06. The predicted molar refractivity (Wildman–Crippen MR) is 76.5 cm³/mol. The van der Waals surface area contributed by atoms with Crippen molar-refractivity contribution in [2.45, 2.75) is 13.0 Å². The van der Waals surface area contributed by atoms with Gasteiger partial charge in [-0.15, -0.1) is 0 Å². The van der Waals surface area contributed by atoms with Crippen molar-refractivity contribution in [1.29, 1.82) is 0 Å². The topological polar surface area (TPSA) is 75.5 Å². The first-order chi connectivity index (χ1) is 9.40. The van der Waals surface area contributed by atoms with Gasteiger partial charge in [-0.2, -0.15) is 0 Å². The molecule has 1 saturated heterocycles. The summed E-state index contributed by atoms with van der Waals surface area (Å²) in [4.78, 5) is 24.3. The van der Waals surface area contributed by atoms with Gasteiger partial charge in [0.25, 0.3) is 11.6 Å². The van der Waals surface area contributed by atoms with Crippen molar-refractivity contribution in [2.75, 3.05) is 19.6 Å². The van der Waals surface area contributed by atoms with Gasteiger partial charge in [0.1, 0.15) is 0 Å². The zero-order chi connectivity index (χ0) is 14.9. The van der Waals surface area contributed by atoms with Crippen LogP contribution in [0.4, 0.5) is 5.69 Å². The largest absolute Gasteiger partial charge is 0.336 e. The van der Waals surface area contributed by atoms with E-state index in [2.05, 4.69) is 5.32 Å². The molecule has 0 unspecified atom stereocenters. The highest BCUT2D eigenvalue weighted by molar-refractivity contribution is 6.44. The van der Waals surface area contributed by atoms with E-state index in [1.165, 1.54) is 6.07 Å². The number of piperazine rings is 1. The maximum absolute atomic E-state index is 12.4. The fourth-order valence-electron chi connectivity index (χ4n) is 2.12. The third kappa shape index (κ3) is 3.03. The van der Waals surface area contributed by atoms with Gasteiger partial charge in [-0.25, -0.2) is 0 Å². The van der Waals surface area contributed by atoms with Gasteiger partial charge in [-0.1, -0.05) is 23.2 Å². The van der Waals surface area contributed by atoms with Crippen molar-refractivity contribution >= 4 is 34.8 Å². The lowest BCUT2D eigenvalue weighted by atomic mass is 10.1. The number of hydrogen-bond acceptors (Lipinski definition) is 4. The van der Waals surface area contributed by atoms with Gasteiger partial charge < -0.3 is 10.2 Å². The third-order valence-electron chi connectivity index (χ3n) is 3.11. The summed E-state index contributed by atoms with van der Waals surface area (Å²) in [6, 6.07) is 2.48. The molecule has 0 bridgehead atoms. The Kier molecular flexibility index (Phi) is 4.47. The van der Waals surface area contributed by atoms with Gasteiger partial charge in [0.2, 0.25) is 0 Å². The van der Waals surface area contributed by atoms with Crippen LogP contribution in [0.3, 0.4) is 0 Å². The molecule has 0 aliphatic carbocycles. The minimum Gasteiger partial charge on any atom is -0.336 e. The van der Waals surface area contributed by atoms with Gasteiger partial charge in [0, 0.05) is 37.8 Å². The molecule has 1 fully saturated rings. The number of rotatable bonds is 2. The molecule has 1 atom stereocenters. The molecule has 0 radical (unpaired) electrons. The van der Waals surface area contributed by atoms with Crippen LogP contribution in [0.2, 0.25) is 10.0 Å². The lowest BCUT2D eigenvalue weighted by molar-refractivity contribution is -0.384. The SMILES string of the molecule is C[C@@H]1CN(C(=O)c2cc([N+](=O)[O-])cc(Cl)c2Cl)CCN1. The zero-order valence-corrected chi connectivity index (χ0v) is 12.2. The molecule has 1 aromatic carbocycles. The van der Waals surface area contributed by atoms with E-state index in [1.54, 1.807) is 4.90 Å². The Morgan fingerprint density at radius 1 is 1.50 bits per heavy atom. The highest BCUT2D eigenvalue weighted by Crippen LogP contribution is 2.31. The van der Waals surface area contributed by atoms with E-state index in [0.29, 0.717) is 19.6 Å². The van der Waals surface area contributed by atoms with Crippen molar-refractivity contribution < 1.29 is 9.72 Å². The van der Waals surface area contributed by atoms with E-state index < -0.39 is 4.92 Å². The average molecular weight is 318 g/mol. The number of nitrogens with one attached hydrogen (secondary N) is 1. The smallest absolute Gasteiger partial charge is 0.271 e. The number of nitrogens with zero attached hydrogens (tertiary/aromatic N) is 2. The lowest BCUT2D eigenvalue weighted by Crippen LogP contribution is -2.51. The first kappa shape index (κ1) is 15.0. The van der Waals surface area contributed by atoms with E-state index in [4.69, 9.17) is 23.2 Å². The summed E-state index contributed by atoms with van der Waals surface area (Å²) < 4.78 is 0. The minimum absolute atomic E-state index is 0.00685. The van der Waals surface area contributed by atoms with E-state index >= 15 is 0 Å². The van der Waals surface area contributed by atoms with E-state index in [1.807, 2.05) is 6.92 Å². The fourth-order valence-corrected chi connectivity index (χ4v) is 2.53. The van der Waals surface area contributed by atoms with Gasteiger partial charge >= 0.3 is 0 Å². The summed E-state index contributed by atoms with van der Waals surface area (Å²) in [5.41, 5.74) is -0.175. The Bertz CT molecular complexity index is 565. The van der Waals surface area contributed by atoms with Crippen LogP contribution in [-0.4, -0.2) is 41.4 Å². The summed E-state index contributed by atoms with van der Waals surface area (Å²) in [7, 11) is 0. The molecule has 8 heteroatoms. The quantitative estimate of drug-likeness (QED) is 0.671. The van der Waals surface area contributed by atoms with Gasteiger partial charge in [0.15, 0.2) is 0 Å². The molecule has 1 heterocycles. The highest BCUT2D eigenvalue weighted by atomic mass is 35.5. The van der Waals surface area contributed by atoms with Crippen molar-refractivity contribution in [1.82, 2.24) is 10.2 Å². The normalized spacial score (nSPS) is 18.9. The fraction of sp³-hybridized carbons (Fsp3) is 0.417. The number of amides is 1. The number of halogens is 2. The lowest BCUT2D eigenvalue weighted by Gasteiger charge is -2.32. The van der Waals surface area contributed by atoms with Crippen molar-refractivity contribution in [3.63, 3.8) is 0 Å². The molecular formula is C12H13Cl2N3O3. The van der Waals surface area contributed by atoms with Gasteiger partial charge in [-0.05, 0) is 6.92 Å². The maximum Gasteiger partial charge on any atom is 0.271 e. The van der Waals surface area contributed by atoms with Gasteiger partial charge in [0.05, 0.1) is 20.5 Å². The Morgan fingerprint density at radius 3 is 2.80 bits per heavy atom. The molecule has 1 aliphatic heterocycles. The number of hydrogen-bond donors (Lipinski definition) is 1. The number of nitro benzene ring substituents is 1. The number of benzene rings is 1. The molecule has 20 heavy (non-hydrogen) atoms. The van der Waals surface area contributed by atoms with E-state index in [0.717, 1.165) is 6.07 Å². The Morgan fingerprint density at radius 2 is 2.20 bits per heavy atom. The Hall–Kier alpha value is -1.37. The second kappa shape index (κ2) is 5.95. The number of carbonyl (C=O) groups is 1. The van der Waals surface area contributed by atoms with Crippen LogP contribution >= 0.6 is 23.2 Å². The predicted octanol–water partition coefficient (Wildman–Crippen LogP) is 2.34. The monoisotopic (exact) mass is 317 g/mol. The van der Waals surface area contributed by atoms with Crippen molar-refractivity contribution in [2.24, 2.45) is 0 Å². The van der Waals surface area contributed by atoms with Crippen molar-refractivity contribution in [3.8, 4) is 0 Å². The summed E-state index contributed by atoms with van der Waals surface area (Å²) in [6.45, 7) is 3.68. The second-order valence-corrected chi connectivity index (χ2v) is 5.44. The molecule has 108 valence electrons. The van der Waals surface area contributed by atoms with Crippen LogP contribution in [0.1, 0.15) is 17.3 Å². The minimum atomic E-state index is -0.598. The molecule has 1 amide bonds. The molecule has 0 aromatic heterocycles. The van der Waals surface area contributed by atoms with Crippen LogP contribution < -0.4 is 5.32 Å². The molecule has 0 spiro atoms. The Balaban J connectivity index is 2.35. The third-order valence-corrected chi connectivity index (χ3v) is 3.91. The van der Waals surface area contributed by atoms with Gasteiger partial charge in [-0.3, -0.25) is 14.9 Å². The summed E-state index contributed by atoms with van der Waals surface area (Å²) in [5.74, 6) is -0.339. The van der Waals surface area contributed by atoms with E-state index in [-0.39, 0.29) is 33.2 Å². The summed E-state index contributed by atoms with van der Waals surface area (Å²) in [6.07, 6.45) is 0. The number of carbonyl (C=O) groups excluding carboxylic acids is 1. The molecular weight excluding hydrogens is 305 g/mol. The molecule has 1 aromatic rings. The van der Waals surface area contributed by atoms with Crippen LogP contribution in [-0.2, 0) is 0 Å². The molecule has 2 rings (SSSR count). The summed E-state index contributed by atoms with van der Waals surface area (Å²) >= 11 is 11.9. The second-order valence-electron chi connectivity index (χ2n) is 4.65. The molecule has 0 saturated carbocycles. The zero-order valence-electron chi connectivity index (χ0n) is 10.7.